The first kappa shape index (κ1) is 22.4. The first-order valence-electron chi connectivity index (χ1n) is 14.1. The summed E-state index contributed by atoms with van der Waals surface area (Å²) in [5.74, 6) is 0. The van der Waals surface area contributed by atoms with Crippen molar-refractivity contribution in [2.24, 2.45) is 0 Å². The maximum absolute atomic E-state index is 6.29. The van der Waals surface area contributed by atoms with Crippen molar-refractivity contribution in [3.63, 3.8) is 0 Å². The highest BCUT2D eigenvalue weighted by Gasteiger charge is 2.12. The number of furan rings is 1. The fraction of sp³-hybridized carbons (Fsp3) is 0. The zero-order valence-electron chi connectivity index (χ0n) is 22.3. The van der Waals surface area contributed by atoms with Crippen LogP contribution in [0.15, 0.2) is 150 Å². The van der Waals surface area contributed by atoms with Crippen molar-refractivity contribution in [2.45, 2.75) is 0 Å². The van der Waals surface area contributed by atoms with E-state index < -0.39 is 0 Å². The van der Waals surface area contributed by atoms with Gasteiger partial charge in [0.15, 0.2) is 0 Å². The van der Waals surface area contributed by atoms with Gasteiger partial charge in [-0.15, -0.1) is 0 Å². The Morgan fingerprint density at radius 3 is 1.07 bits per heavy atom. The Bertz CT molecular complexity index is 2300. The van der Waals surface area contributed by atoms with Crippen LogP contribution in [0.3, 0.4) is 0 Å². The fourth-order valence-corrected chi connectivity index (χ4v) is 6.50. The second-order valence-electron chi connectivity index (χ2n) is 11.0. The molecule has 0 aliphatic carbocycles. The lowest BCUT2D eigenvalue weighted by Crippen LogP contribution is -1.82. The molecule has 0 spiro atoms. The van der Waals surface area contributed by atoms with Crippen molar-refractivity contribution >= 4 is 65.0 Å². The zero-order chi connectivity index (χ0) is 26.9. The molecule has 1 nitrogen and oxygen atoms in total. The molecule has 190 valence electrons. The van der Waals surface area contributed by atoms with Gasteiger partial charge < -0.3 is 4.42 Å². The minimum Gasteiger partial charge on any atom is -0.456 e. The summed E-state index contributed by atoms with van der Waals surface area (Å²) in [7, 11) is 0. The normalized spacial score (nSPS) is 11.9. The topological polar surface area (TPSA) is 13.1 Å². The average Bonchev–Trinajstić information content (AvgIpc) is 3.41. The Balaban J connectivity index is 1.20. The van der Waals surface area contributed by atoms with Crippen LogP contribution in [0.4, 0.5) is 0 Å². The minimum absolute atomic E-state index is 0.914. The highest BCUT2D eigenvalue weighted by Crippen LogP contribution is 2.37. The van der Waals surface area contributed by atoms with Gasteiger partial charge in [0.25, 0.3) is 0 Å². The number of benzene rings is 8. The van der Waals surface area contributed by atoms with Crippen molar-refractivity contribution in [1.82, 2.24) is 0 Å². The average molecular weight is 521 g/mol. The van der Waals surface area contributed by atoms with Crippen LogP contribution in [0.2, 0.25) is 0 Å². The first-order chi connectivity index (χ1) is 20.3. The van der Waals surface area contributed by atoms with Crippen molar-refractivity contribution in [1.29, 1.82) is 0 Å². The molecule has 0 bridgehead atoms. The van der Waals surface area contributed by atoms with E-state index in [9.17, 15) is 0 Å². The van der Waals surface area contributed by atoms with Gasteiger partial charge >= 0.3 is 0 Å². The van der Waals surface area contributed by atoms with Gasteiger partial charge in [0.2, 0.25) is 0 Å². The molecule has 1 aromatic heterocycles. The van der Waals surface area contributed by atoms with Gasteiger partial charge in [-0.2, -0.15) is 0 Å². The van der Waals surface area contributed by atoms with Crippen LogP contribution in [0, 0.1) is 0 Å². The van der Waals surface area contributed by atoms with Gasteiger partial charge in [-0.05, 0) is 102 Å². The number of rotatable bonds is 2. The summed E-state index contributed by atoms with van der Waals surface area (Å²) in [6.45, 7) is 0. The molecule has 8 aromatic carbocycles. The largest absolute Gasteiger partial charge is 0.456 e. The molecule has 9 rings (SSSR count). The lowest BCUT2D eigenvalue weighted by Gasteiger charge is -2.08. The lowest BCUT2D eigenvalue weighted by molar-refractivity contribution is 0.669. The van der Waals surface area contributed by atoms with E-state index in [0.717, 1.165) is 21.9 Å². The van der Waals surface area contributed by atoms with Gasteiger partial charge in [-0.25, -0.2) is 0 Å². The highest BCUT2D eigenvalue weighted by atomic mass is 16.3. The van der Waals surface area contributed by atoms with E-state index in [0.29, 0.717) is 0 Å². The van der Waals surface area contributed by atoms with Crippen LogP contribution < -0.4 is 0 Å². The maximum atomic E-state index is 6.29. The van der Waals surface area contributed by atoms with Crippen LogP contribution in [0.25, 0.3) is 87.3 Å². The van der Waals surface area contributed by atoms with Crippen LogP contribution in [-0.2, 0) is 0 Å². The molecule has 9 aromatic rings. The van der Waals surface area contributed by atoms with E-state index in [1.165, 1.54) is 65.3 Å². The summed E-state index contributed by atoms with van der Waals surface area (Å²) < 4.78 is 6.29. The van der Waals surface area contributed by atoms with Gasteiger partial charge in [0.05, 0.1) is 0 Å². The Morgan fingerprint density at radius 2 is 0.610 bits per heavy atom. The SMILES string of the molecule is c1ccc2c(c1)ccc1ccc(-c3ccc4oc5ccc(-c6ccc7ccc8ccccc8c7c6)cc5c4c3)cc12. The number of hydrogen-bond acceptors (Lipinski definition) is 1. The molecule has 0 atom stereocenters. The quantitative estimate of drug-likeness (QED) is 0.207. The van der Waals surface area contributed by atoms with Crippen molar-refractivity contribution in [2.75, 3.05) is 0 Å². The Hall–Kier alpha value is -5.40. The second kappa shape index (κ2) is 8.55. The lowest BCUT2D eigenvalue weighted by atomic mass is 9.95. The molecule has 1 heterocycles. The fourth-order valence-electron chi connectivity index (χ4n) is 6.50. The summed E-state index contributed by atoms with van der Waals surface area (Å²) >= 11 is 0. The third-order valence-electron chi connectivity index (χ3n) is 8.63. The predicted octanol–water partition coefficient (Wildman–Crippen LogP) is 11.5. The van der Waals surface area contributed by atoms with Gasteiger partial charge in [0.1, 0.15) is 11.2 Å². The molecule has 41 heavy (non-hydrogen) atoms. The predicted molar refractivity (Wildman–Crippen MR) is 175 cm³/mol. The smallest absolute Gasteiger partial charge is 0.135 e. The first-order valence-corrected chi connectivity index (χ1v) is 14.1. The van der Waals surface area contributed by atoms with Crippen molar-refractivity contribution in [3.05, 3.63) is 146 Å². The van der Waals surface area contributed by atoms with Gasteiger partial charge in [-0.3, -0.25) is 0 Å². The summed E-state index contributed by atoms with van der Waals surface area (Å²) in [5.41, 5.74) is 6.63. The molecule has 0 radical (unpaired) electrons. The van der Waals surface area contributed by atoms with Gasteiger partial charge in [-0.1, -0.05) is 109 Å². The van der Waals surface area contributed by atoms with E-state index in [1.807, 2.05) is 0 Å². The van der Waals surface area contributed by atoms with E-state index >= 15 is 0 Å². The Morgan fingerprint density at radius 1 is 0.268 bits per heavy atom. The van der Waals surface area contributed by atoms with Crippen LogP contribution >= 0.6 is 0 Å². The summed E-state index contributed by atoms with van der Waals surface area (Å²) in [6.07, 6.45) is 0. The molecule has 0 fully saturated rings. The molecule has 0 aliphatic heterocycles. The molecular formula is C40H24O. The standard InChI is InChI=1S/C40H24O/c1-3-7-33-25(5-1)9-11-27-13-15-29(21-35(27)33)31-17-19-39-37(23-31)38-24-32(18-20-40(38)41-39)30-16-14-28-12-10-26-6-2-4-8-34(26)36(28)22-30/h1-24H. The minimum atomic E-state index is 0.914. The molecular weight excluding hydrogens is 496 g/mol. The molecule has 0 unspecified atom stereocenters. The van der Waals surface area contributed by atoms with Gasteiger partial charge in [0, 0.05) is 10.8 Å². The van der Waals surface area contributed by atoms with E-state index in [4.69, 9.17) is 4.42 Å². The Labute approximate surface area is 236 Å². The maximum Gasteiger partial charge on any atom is 0.135 e. The third-order valence-corrected chi connectivity index (χ3v) is 8.63. The van der Waals surface area contributed by atoms with Crippen LogP contribution in [0.5, 0.6) is 0 Å². The second-order valence-corrected chi connectivity index (χ2v) is 11.0. The summed E-state index contributed by atoms with van der Waals surface area (Å²) in [5, 5.41) is 12.5. The molecule has 0 amide bonds. The zero-order valence-corrected chi connectivity index (χ0v) is 22.3. The summed E-state index contributed by atoms with van der Waals surface area (Å²) in [4.78, 5) is 0. The monoisotopic (exact) mass is 520 g/mol. The van der Waals surface area contributed by atoms with E-state index in [1.54, 1.807) is 0 Å². The number of fused-ring (bicyclic) bond motifs is 9. The molecule has 0 aliphatic rings. The van der Waals surface area contributed by atoms with Crippen LogP contribution in [-0.4, -0.2) is 0 Å². The highest BCUT2D eigenvalue weighted by molar-refractivity contribution is 6.11. The summed E-state index contributed by atoms with van der Waals surface area (Å²) in [6, 6.07) is 52.8. The van der Waals surface area contributed by atoms with E-state index in [-0.39, 0.29) is 0 Å². The molecule has 0 N–H and O–H groups in total. The number of hydrogen-bond donors (Lipinski definition) is 0. The molecule has 0 saturated heterocycles. The Kier molecular flexibility index (Phi) is 4.67. The third kappa shape index (κ3) is 3.49. The van der Waals surface area contributed by atoms with Crippen LogP contribution in [0.1, 0.15) is 0 Å². The van der Waals surface area contributed by atoms with Crippen molar-refractivity contribution < 1.29 is 4.42 Å². The molecule has 1 heteroatoms. The van der Waals surface area contributed by atoms with Crippen molar-refractivity contribution in [3.8, 4) is 22.3 Å². The van der Waals surface area contributed by atoms with E-state index in [2.05, 4.69) is 146 Å². The molecule has 0 saturated carbocycles.